The summed E-state index contributed by atoms with van der Waals surface area (Å²) in [4.78, 5) is 12.6. The summed E-state index contributed by atoms with van der Waals surface area (Å²) < 4.78 is 50.5. The maximum atomic E-state index is 12.7. The van der Waals surface area contributed by atoms with Crippen molar-refractivity contribution in [2.45, 2.75) is 22.6 Å². The van der Waals surface area contributed by atoms with Crippen molar-refractivity contribution in [2.75, 3.05) is 24.7 Å². The van der Waals surface area contributed by atoms with Crippen molar-refractivity contribution in [2.24, 2.45) is 0 Å². The molecule has 27 heavy (non-hydrogen) atoms. The number of anilines is 1. The molecule has 0 unspecified atom stereocenters. The number of hydrogen-bond donors (Lipinski definition) is 1. The first kappa shape index (κ1) is 19.5. The molecule has 1 saturated heterocycles. The summed E-state index contributed by atoms with van der Waals surface area (Å²) in [6, 6.07) is 11.8. The Balaban J connectivity index is 1.89. The highest BCUT2D eigenvalue weighted by molar-refractivity contribution is 7.90. The van der Waals surface area contributed by atoms with Crippen molar-refractivity contribution in [3.05, 3.63) is 54.1 Å². The summed E-state index contributed by atoms with van der Waals surface area (Å²) >= 11 is 0. The first-order valence-corrected chi connectivity index (χ1v) is 11.7. The van der Waals surface area contributed by atoms with Crippen LogP contribution in [0.3, 0.4) is 0 Å². The number of carbonyl (C=O) groups is 1. The minimum Gasteiger partial charge on any atom is -0.322 e. The van der Waals surface area contributed by atoms with Crippen LogP contribution in [0.5, 0.6) is 0 Å². The van der Waals surface area contributed by atoms with Crippen molar-refractivity contribution in [3.8, 4) is 0 Å². The van der Waals surface area contributed by atoms with Gasteiger partial charge < -0.3 is 5.32 Å². The maximum absolute atomic E-state index is 12.7. The van der Waals surface area contributed by atoms with Crippen LogP contribution in [-0.2, 0) is 19.9 Å². The molecule has 1 heterocycles. The van der Waals surface area contributed by atoms with E-state index in [1.165, 1.54) is 34.6 Å². The van der Waals surface area contributed by atoms with Crippen LogP contribution in [0.2, 0.25) is 0 Å². The molecule has 144 valence electrons. The van der Waals surface area contributed by atoms with Gasteiger partial charge in [0.15, 0.2) is 9.84 Å². The van der Waals surface area contributed by atoms with Gasteiger partial charge in [-0.3, -0.25) is 4.79 Å². The van der Waals surface area contributed by atoms with Crippen LogP contribution in [0.4, 0.5) is 5.69 Å². The predicted octanol–water partition coefficient (Wildman–Crippen LogP) is 2.13. The molecule has 1 aliphatic heterocycles. The van der Waals surface area contributed by atoms with Gasteiger partial charge in [0.1, 0.15) is 0 Å². The van der Waals surface area contributed by atoms with Gasteiger partial charge in [-0.05, 0) is 43.2 Å². The van der Waals surface area contributed by atoms with Crippen molar-refractivity contribution < 1.29 is 21.6 Å². The molecule has 3 rings (SSSR count). The number of nitrogens with one attached hydrogen (secondary N) is 1. The van der Waals surface area contributed by atoms with Crippen molar-refractivity contribution in [1.29, 1.82) is 0 Å². The molecule has 0 bridgehead atoms. The quantitative estimate of drug-likeness (QED) is 0.817. The molecular weight excluding hydrogens is 388 g/mol. The Morgan fingerprint density at radius 3 is 2.30 bits per heavy atom. The lowest BCUT2D eigenvalue weighted by molar-refractivity contribution is 0.102. The first-order chi connectivity index (χ1) is 12.7. The number of rotatable bonds is 5. The van der Waals surface area contributed by atoms with E-state index in [0.717, 1.165) is 19.1 Å². The fourth-order valence-corrected chi connectivity index (χ4v) is 5.44. The molecule has 9 heteroatoms. The molecule has 0 aromatic heterocycles. The van der Waals surface area contributed by atoms with Gasteiger partial charge in [0, 0.05) is 25.0 Å². The number of nitrogens with zero attached hydrogens (tertiary/aromatic N) is 1. The van der Waals surface area contributed by atoms with Gasteiger partial charge in [-0.15, -0.1) is 0 Å². The van der Waals surface area contributed by atoms with Crippen LogP contribution >= 0.6 is 0 Å². The van der Waals surface area contributed by atoms with E-state index < -0.39 is 25.8 Å². The summed E-state index contributed by atoms with van der Waals surface area (Å²) in [5.41, 5.74) is 0.288. The lowest BCUT2D eigenvalue weighted by atomic mass is 10.2. The van der Waals surface area contributed by atoms with Gasteiger partial charge in [0.2, 0.25) is 10.0 Å². The summed E-state index contributed by atoms with van der Waals surface area (Å²) in [6.07, 6.45) is 2.69. The largest absolute Gasteiger partial charge is 0.322 e. The molecule has 7 nitrogen and oxygen atoms in total. The number of amides is 1. The smallest absolute Gasteiger partial charge is 0.256 e. The molecule has 1 fully saturated rings. The fraction of sp³-hybridized carbons (Fsp3) is 0.278. The van der Waals surface area contributed by atoms with E-state index in [-0.39, 0.29) is 21.0 Å². The summed E-state index contributed by atoms with van der Waals surface area (Å²) in [7, 11) is -7.18. The van der Waals surface area contributed by atoms with Gasteiger partial charge in [0.25, 0.3) is 5.91 Å². The van der Waals surface area contributed by atoms with Gasteiger partial charge in [-0.2, -0.15) is 4.31 Å². The average molecular weight is 409 g/mol. The van der Waals surface area contributed by atoms with Crippen LogP contribution < -0.4 is 5.32 Å². The molecule has 2 aromatic rings. The van der Waals surface area contributed by atoms with Crippen molar-refractivity contribution in [3.63, 3.8) is 0 Å². The van der Waals surface area contributed by atoms with Gasteiger partial charge >= 0.3 is 0 Å². The second-order valence-electron chi connectivity index (χ2n) is 6.36. The Morgan fingerprint density at radius 1 is 0.963 bits per heavy atom. The zero-order chi connectivity index (χ0) is 19.7. The molecule has 2 aromatic carbocycles. The van der Waals surface area contributed by atoms with E-state index in [9.17, 15) is 21.6 Å². The van der Waals surface area contributed by atoms with Crippen molar-refractivity contribution in [1.82, 2.24) is 4.31 Å². The Bertz CT molecular complexity index is 1070. The van der Waals surface area contributed by atoms with Gasteiger partial charge in [-0.25, -0.2) is 16.8 Å². The van der Waals surface area contributed by atoms with Crippen LogP contribution in [0.15, 0.2) is 58.3 Å². The summed E-state index contributed by atoms with van der Waals surface area (Å²) in [5.74, 6) is -0.619. The first-order valence-electron chi connectivity index (χ1n) is 8.40. The molecule has 1 amide bonds. The van der Waals surface area contributed by atoms with E-state index >= 15 is 0 Å². The van der Waals surface area contributed by atoms with Crippen LogP contribution in [0.1, 0.15) is 23.2 Å². The normalized spacial score (nSPS) is 15.6. The zero-order valence-corrected chi connectivity index (χ0v) is 16.4. The number of sulfone groups is 1. The fourth-order valence-electron chi connectivity index (χ4n) is 2.99. The molecule has 0 saturated carbocycles. The third-order valence-electron chi connectivity index (χ3n) is 4.33. The van der Waals surface area contributed by atoms with Crippen molar-refractivity contribution >= 4 is 31.5 Å². The second kappa shape index (κ2) is 7.41. The highest BCUT2D eigenvalue weighted by Gasteiger charge is 2.27. The Kier molecular flexibility index (Phi) is 5.36. The highest BCUT2D eigenvalue weighted by atomic mass is 32.2. The molecule has 1 aliphatic rings. The maximum Gasteiger partial charge on any atom is 0.256 e. The molecular formula is C18H20N2O5S2. The molecule has 0 radical (unpaired) electrons. The molecule has 0 aliphatic carbocycles. The number of sulfonamides is 1. The average Bonchev–Trinajstić information content (AvgIpc) is 3.17. The van der Waals surface area contributed by atoms with E-state index in [4.69, 9.17) is 0 Å². The van der Waals surface area contributed by atoms with Crippen LogP contribution in [0, 0.1) is 0 Å². The van der Waals surface area contributed by atoms with Crippen LogP contribution in [0.25, 0.3) is 0 Å². The second-order valence-corrected chi connectivity index (χ2v) is 10.3. The Hall–Kier alpha value is -2.23. The van der Waals surface area contributed by atoms with Gasteiger partial charge in [-0.1, -0.05) is 18.2 Å². The third-order valence-corrected chi connectivity index (χ3v) is 7.38. The SMILES string of the molecule is CS(=O)(=O)c1ccccc1C(=O)Nc1cccc(S(=O)(=O)N2CCCC2)c1. The Labute approximate surface area is 159 Å². The van der Waals surface area contributed by atoms with E-state index in [1.807, 2.05) is 0 Å². The number of benzene rings is 2. The zero-order valence-electron chi connectivity index (χ0n) is 14.8. The number of hydrogen-bond acceptors (Lipinski definition) is 5. The topological polar surface area (TPSA) is 101 Å². The third kappa shape index (κ3) is 4.20. The molecule has 0 atom stereocenters. The van der Waals surface area contributed by atoms with Crippen LogP contribution in [-0.4, -0.2) is 46.4 Å². The van der Waals surface area contributed by atoms with Gasteiger partial charge in [0.05, 0.1) is 15.4 Å². The molecule has 0 spiro atoms. The predicted molar refractivity (Wildman–Crippen MR) is 102 cm³/mol. The van der Waals surface area contributed by atoms with E-state index in [0.29, 0.717) is 13.1 Å². The molecule has 1 N–H and O–H groups in total. The standard InChI is InChI=1S/C18H20N2O5S2/c1-26(22,23)17-10-3-2-9-16(17)18(21)19-14-7-6-8-15(13-14)27(24,25)20-11-4-5-12-20/h2-3,6-10,13H,4-5,11-12H2,1H3,(H,19,21). The van der Waals surface area contributed by atoms with E-state index in [2.05, 4.69) is 5.32 Å². The monoisotopic (exact) mass is 408 g/mol. The number of carbonyl (C=O) groups excluding carboxylic acids is 1. The Morgan fingerprint density at radius 2 is 1.63 bits per heavy atom. The summed E-state index contributed by atoms with van der Waals surface area (Å²) in [5, 5.41) is 2.59. The lowest BCUT2D eigenvalue weighted by Gasteiger charge is -2.16. The van der Waals surface area contributed by atoms with E-state index in [1.54, 1.807) is 18.2 Å². The highest BCUT2D eigenvalue weighted by Crippen LogP contribution is 2.24. The summed E-state index contributed by atoms with van der Waals surface area (Å²) in [6.45, 7) is 0.974. The lowest BCUT2D eigenvalue weighted by Crippen LogP contribution is -2.28. The minimum atomic E-state index is -3.61. The minimum absolute atomic E-state index is 0.00723.